The highest BCUT2D eigenvalue weighted by Crippen LogP contribution is 2.09. The summed E-state index contributed by atoms with van der Waals surface area (Å²) in [5.41, 5.74) is 0. The van der Waals surface area contributed by atoms with Gasteiger partial charge in [-0.1, -0.05) is 36.4 Å². The molecule has 0 aliphatic rings. The second kappa shape index (κ2) is 8.25. The molecule has 2 nitrogen and oxygen atoms in total. The summed E-state index contributed by atoms with van der Waals surface area (Å²) in [5.74, 6) is 3.63. The van der Waals surface area contributed by atoms with Crippen molar-refractivity contribution in [1.82, 2.24) is 5.32 Å². The van der Waals surface area contributed by atoms with Crippen molar-refractivity contribution in [1.29, 1.82) is 0 Å². The van der Waals surface area contributed by atoms with Gasteiger partial charge in [0, 0.05) is 12.5 Å². The van der Waals surface area contributed by atoms with Gasteiger partial charge in [-0.2, -0.15) is 0 Å². The first kappa shape index (κ1) is 13.9. The number of nitrogens with one attached hydrogen (secondary N) is 1. The molecule has 0 bridgehead atoms. The molecule has 0 aromatic carbocycles. The Hall–Kier alpha value is -0.0800. The Kier molecular flexibility index (Phi) is 8.20. The SMILES string of the molecule is C#CC(C)CC(C)CNCC(I)C=O. The fourth-order valence-corrected chi connectivity index (χ4v) is 1.58. The minimum Gasteiger partial charge on any atom is -0.315 e. The number of hydrogen-bond donors (Lipinski definition) is 1. The van der Waals surface area contributed by atoms with Crippen LogP contribution < -0.4 is 5.32 Å². The zero-order valence-electron chi connectivity index (χ0n) is 8.79. The van der Waals surface area contributed by atoms with Crippen LogP contribution >= 0.6 is 22.6 Å². The Labute approximate surface area is 100 Å². The third-order valence-corrected chi connectivity index (χ3v) is 2.75. The van der Waals surface area contributed by atoms with Crippen molar-refractivity contribution in [2.75, 3.05) is 13.1 Å². The van der Waals surface area contributed by atoms with E-state index in [2.05, 4.69) is 47.7 Å². The molecule has 1 N–H and O–H groups in total. The molecule has 0 heterocycles. The lowest BCUT2D eigenvalue weighted by atomic mass is 9.98. The fraction of sp³-hybridized carbons (Fsp3) is 0.727. The van der Waals surface area contributed by atoms with Gasteiger partial charge >= 0.3 is 0 Å². The molecular weight excluding hydrogens is 289 g/mol. The number of alkyl halides is 1. The normalized spacial score (nSPS) is 16.7. The highest BCUT2D eigenvalue weighted by atomic mass is 127. The summed E-state index contributed by atoms with van der Waals surface area (Å²) in [4.78, 5) is 10.3. The lowest BCUT2D eigenvalue weighted by molar-refractivity contribution is -0.107. The van der Waals surface area contributed by atoms with Crippen LogP contribution in [-0.2, 0) is 4.79 Å². The molecule has 0 fully saturated rings. The largest absolute Gasteiger partial charge is 0.315 e. The molecule has 0 aromatic heterocycles. The average molecular weight is 307 g/mol. The van der Waals surface area contributed by atoms with Gasteiger partial charge in [-0.15, -0.1) is 12.3 Å². The average Bonchev–Trinajstić information content (AvgIpc) is 2.17. The van der Waals surface area contributed by atoms with E-state index < -0.39 is 0 Å². The van der Waals surface area contributed by atoms with Gasteiger partial charge in [0.25, 0.3) is 0 Å². The fourth-order valence-electron chi connectivity index (χ4n) is 1.27. The van der Waals surface area contributed by atoms with E-state index in [9.17, 15) is 4.79 Å². The molecule has 0 saturated carbocycles. The molecule has 3 atom stereocenters. The smallest absolute Gasteiger partial charge is 0.134 e. The van der Waals surface area contributed by atoms with Crippen molar-refractivity contribution in [3.8, 4) is 12.3 Å². The van der Waals surface area contributed by atoms with E-state index in [4.69, 9.17) is 6.42 Å². The molecule has 0 aromatic rings. The van der Waals surface area contributed by atoms with Gasteiger partial charge in [0.2, 0.25) is 0 Å². The first-order valence-electron chi connectivity index (χ1n) is 4.86. The molecular formula is C11H18INO. The van der Waals surface area contributed by atoms with Gasteiger partial charge in [-0.3, -0.25) is 0 Å². The number of rotatable bonds is 7. The Bertz CT molecular complexity index is 200. The van der Waals surface area contributed by atoms with Gasteiger partial charge in [0.15, 0.2) is 0 Å². The summed E-state index contributed by atoms with van der Waals surface area (Å²) < 4.78 is 0.0739. The minimum atomic E-state index is 0.0739. The van der Waals surface area contributed by atoms with E-state index in [0.717, 1.165) is 25.8 Å². The molecule has 80 valence electrons. The number of terminal acetylenes is 1. The Morgan fingerprint density at radius 3 is 2.64 bits per heavy atom. The molecule has 0 rings (SSSR count). The maximum atomic E-state index is 10.3. The van der Waals surface area contributed by atoms with Gasteiger partial charge in [0.05, 0.1) is 3.92 Å². The third-order valence-electron chi connectivity index (χ3n) is 2.02. The van der Waals surface area contributed by atoms with Crippen molar-refractivity contribution in [3.63, 3.8) is 0 Å². The van der Waals surface area contributed by atoms with Crippen LogP contribution in [0.25, 0.3) is 0 Å². The highest BCUT2D eigenvalue weighted by Gasteiger charge is 2.07. The lowest BCUT2D eigenvalue weighted by Gasteiger charge is -2.14. The van der Waals surface area contributed by atoms with Gasteiger partial charge in [-0.25, -0.2) is 0 Å². The van der Waals surface area contributed by atoms with Crippen LogP contribution in [0.2, 0.25) is 0 Å². The number of hydrogen-bond acceptors (Lipinski definition) is 2. The molecule has 0 aliphatic carbocycles. The van der Waals surface area contributed by atoms with Crippen LogP contribution in [0.1, 0.15) is 20.3 Å². The summed E-state index contributed by atoms with van der Waals surface area (Å²) in [5, 5.41) is 3.26. The first-order chi connectivity index (χ1) is 6.60. The van der Waals surface area contributed by atoms with Gasteiger partial charge < -0.3 is 10.1 Å². The summed E-state index contributed by atoms with van der Waals surface area (Å²) in [6.45, 7) is 5.91. The van der Waals surface area contributed by atoms with Crippen molar-refractivity contribution in [2.24, 2.45) is 11.8 Å². The van der Waals surface area contributed by atoms with Gasteiger partial charge in [0.1, 0.15) is 6.29 Å². The van der Waals surface area contributed by atoms with Crippen LogP contribution in [0.15, 0.2) is 0 Å². The van der Waals surface area contributed by atoms with Gasteiger partial charge in [-0.05, 0) is 18.9 Å². The first-order valence-corrected chi connectivity index (χ1v) is 6.11. The quantitative estimate of drug-likeness (QED) is 0.337. The molecule has 3 heteroatoms. The molecule has 0 spiro atoms. The Balaban J connectivity index is 3.50. The molecule has 0 saturated heterocycles. The van der Waals surface area contributed by atoms with E-state index in [1.54, 1.807) is 0 Å². The van der Waals surface area contributed by atoms with Crippen LogP contribution in [0.5, 0.6) is 0 Å². The molecule has 0 amide bonds. The second-order valence-electron chi connectivity index (χ2n) is 3.72. The topological polar surface area (TPSA) is 29.1 Å². The van der Waals surface area contributed by atoms with E-state index in [1.165, 1.54) is 0 Å². The zero-order chi connectivity index (χ0) is 11.0. The van der Waals surface area contributed by atoms with E-state index in [0.29, 0.717) is 11.8 Å². The van der Waals surface area contributed by atoms with Crippen LogP contribution in [-0.4, -0.2) is 23.3 Å². The Morgan fingerprint density at radius 1 is 1.50 bits per heavy atom. The lowest BCUT2D eigenvalue weighted by Crippen LogP contribution is -2.28. The second-order valence-corrected chi connectivity index (χ2v) is 5.32. The summed E-state index contributed by atoms with van der Waals surface area (Å²) in [6, 6.07) is 0. The van der Waals surface area contributed by atoms with Crippen molar-refractivity contribution in [3.05, 3.63) is 0 Å². The van der Waals surface area contributed by atoms with E-state index in [1.807, 2.05) is 0 Å². The maximum absolute atomic E-state index is 10.3. The van der Waals surface area contributed by atoms with E-state index >= 15 is 0 Å². The van der Waals surface area contributed by atoms with Crippen LogP contribution in [0.3, 0.4) is 0 Å². The number of aldehydes is 1. The monoisotopic (exact) mass is 307 g/mol. The molecule has 3 unspecified atom stereocenters. The summed E-state index contributed by atoms with van der Waals surface area (Å²) in [7, 11) is 0. The molecule has 14 heavy (non-hydrogen) atoms. The van der Waals surface area contributed by atoms with Crippen LogP contribution in [0.4, 0.5) is 0 Å². The standard InChI is InChI=1S/C11H18INO/c1-4-9(2)5-10(3)6-13-7-11(12)8-14/h1,8-11,13H,5-7H2,2-3H3. The summed E-state index contributed by atoms with van der Waals surface area (Å²) >= 11 is 2.12. The molecule has 0 radical (unpaired) electrons. The van der Waals surface area contributed by atoms with Crippen LogP contribution in [0, 0.1) is 24.2 Å². The number of halogens is 1. The maximum Gasteiger partial charge on any atom is 0.134 e. The number of carbonyl (C=O) groups is 1. The van der Waals surface area contributed by atoms with Crippen molar-refractivity contribution in [2.45, 2.75) is 24.2 Å². The predicted molar refractivity (Wildman–Crippen MR) is 68.5 cm³/mol. The zero-order valence-corrected chi connectivity index (χ0v) is 11.0. The van der Waals surface area contributed by atoms with Crippen molar-refractivity contribution < 1.29 is 4.79 Å². The number of carbonyl (C=O) groups excluding carboxylic acids is 1. The minimum absolute atomic E-state index is 0.0739. The third kappa shape index (κ3) is 7.34. The summed E-state index contributed by atoms with van der Waals surface area (Å²) in [6.07, 6.45) is 7.30. The Morgan fingerprint density at radius 2 is 2.14 bits per heavy atom. The highest BCUT2D eigenvalue weighted by molar-refractivity contribution is 14.1. The van der Waals surface area contributed by atoms with Crippen molar-refractivity contribution >= 4 is 28.9 Å². The predicted octanol–water partition coefficient (Wildman–Crippen LogP) is 1.87. The molecule has 0 aliphatic heterocycles. The van der Waals surface area contributed by atoms with E-state index in [-0.39, 0.29) is 3.92 Å².